The number of hydrogen-bond acceptors (Lipinski definition) is 7. The van der Waals surface area contributed by atoms with Gasteiger partial charge in [0.05, 0.1) is 23.9 Å². The van der Waals surface area contributed by atoms with Gasteiger partial charge in [-0.1, -0.05) is 23.7 Å². The lowest BCUT2D eigenvalue weighted by atomic mass is 10.1. The molecular formula is C30H35ClF3N5O3. The van der Waals surface area contributed by atoms with Gasteiger partial charge in [-0.05, 0) is 88.3 Å². The molecule has 0 saturated carbocycles. The second-order valence-electron chi connectivity index (χ2n) is 9.69. The van der Waals surface area contributed by atoms with Crippen molar-refractivity contribution in [2.75, 3.05) is 36.9 Å². The summed E-state index contributed by atoms with van der Waals surface area (Å²) in [6.45, 7) is 8.89. The molecule has 8 nitrogen and oxygen atoms in total. The van der Waals surface area contributed by atoms with Crippen molar-refractivity contribution < 1.29 is 27.6 Å². The molecule has 4 aromatic rings. The fraction of sp³-hybridized carbons (Fsp3) is 0.367. The maximum absolute atomic E-state index is 12.4. The number of rotatable bonds is 11. The van der Waals surface area contributed by atoms with E-state index >= 15 is 0 Å². The fourth-order valence-electron chi connectivity index (χ4n) is 4.23. The number of nitrogens with one attached hydrogen (secondary N) is 2. The van der Waals surface area contributed by atoms with Crippen molar-refractivity contribution in [3.63, 3.8) is 0 Å². The molecule has 2 heterocycles. The molecule has 0 aliphatic heterocycles. The van der Waals surface area contributed by atoms with E-state index in [0.717, 1.165) is 61.2 Å². The standard InChI is InChI=1S/C18H26ClN3O.C12H9F3N2O2/c1-3-22(11-12-23)10-4-5-14(2)21-17-8-9-20-18-13-15(19)6-7-16(17)18;1-7-10(6-16-19-7)11(18)17-9-4-2-8(3-5-9)12(13,14)15/h6-9,13-14,23H,3-5,10-12H2,1-2H3,(H,20,21);2-6H,1H3,(H,17,18). The van der Waals surface area contributed by atoms with Crippen LogP contribution >= 0.6 is 11.6 Å². The van der Waals surface area contributed by atoms with Gasteiger partial charge in [-0.25, -0.2) is 0 Å². The first-order valence-electron chi connectivity index (χ1n) is 13.6. The van der Waals surface area contributed by atoms with Gasteiger partial charge in [-0.3, -0.25) is 9.78 Å². The molecule has 226 valence electrons. The number of halogens is 4. The molecule has 0 saturated heterocycles. The van der Waals surface area contributed by atoms with Crippen molar-refractivity contribution in [3.05, 3.63) is 82.8 Å². The molecule has 42 heavy (non-hydrogen) atoms. The van der Waals surface area contributed by atoms with Gasteiger partial charge in [-0.2, -0.15) is 13.2 Å². The molecule has 1 amide bonds. The number of anilines is 2. The second-order valence-corrected chi connectivity index (χ2v) is 10.1. The van der Waals surface area contributed by atoms with Crippen LogP contribution in [0.3, 0.4) is 0 Å². The highest BCUT2D eigenvalue weighted by Crippen LogP contribution is 2.30. The van der Waals surface area contributed by atoms with Crippen LogP contribution in [0.15, 0.2) is 65.4 Å². The molecule has 0 fully saturated rings. The minimum absolute atomic E-state index is 0.229. The average Bonchev–Trinajstić information content (AvgIpc) is 3.38. The molecule has 4 rings (SSSR count). The lowest BCUT2D eigenvalue weighted by Crippen LogP contribution is -2.28. The fourth-order valence-corrected chi connectivity index (χ4v) is 4.40. The highest BCUT2D eigenvalue weighted by atomic mass is 35.5. The van der Waals surface area contributed by atoms with E-state index in [2.05, 4.69) is 39.5 Å². The van der Waals surface area contributed by atoms with E-state index in [1.165, 1.54) is 18.3 Å². The molecule has 0 bridgehead atoms. The minimum Gasteiger partial charge on any atom is -0.395 e. The van der Waals surface area contributed by atoms with E-state index < -0.39 is 17.6 Å². The molecule has 1 unspecified atom stereocenters. The summed E-state index contributed by atoms with van der Waals surface area (Å²) in [4.78, 5) is 18.4. The molecule has 3 N–H and O–H groups in total. The van der Waals surface area contributed by atoms with Crippen molar-refractivity contribution in [1.82, 2.24) is 15.0 Å². The third-order valence-corrected chi connectivity index (χ3v) is 6.78. The summed E-state index contributed by atoms with van der Waals surface area (Å²) in [6.07, 6.45) is 0.853. The van der Waals surface area contributed by atoms with Crippen molar-refractivity contribution in [1.29, 1.82) is 0 Å². The zero-order valence-electron chi connectivity index (χ0n) is 23.7. The number of benzene rings is 2. The number of pyridine rings is 1. The Kier molecular flexibility index (Phi) is 12.1. The van der Waals surface area contributed by atoms with E-state index in [0.29, 0.717) is 16.8 Å². The van der Waals surface area contributed by atoms with Crippen LogP contribution in [0.5, 0.6) is 0 Å². The molecule has 1 atom stereocenters. The van der Waals surface area contributed by atoms with E-state index in [1.54, 1.807) is 6.92 Å². The van der Waals surface area contributed by atoms with Crippen LogP contribution in [0.2, 0.25) is 5.02 Å². The molecule has 0 aliphatic carbocycles. The largest absolute Gasteiger partial charge is 0.416 e. The molecule has 0 radical (unpaired) electrons. The number of aliphatic hydroxyl groups excluding tert-OH is 1. The van der Waals surface area contributed by atoms with Gasteiger partial charge in [0.15, 0.2) is 0 Å². The number of fused-ring (bicyclic) bond motifs is 1. The Morgan fingerprint density at radius 2 is 1.88 bits per heavy atom. The summed E-state index contributed by atoms with van der Waals surface area (Å²) >= 11 is 6.03. The first-order chi connectivity index (χ1) is 20.0. The maximum Gasteiger partial charge on any atom is 0.416 e. The Bertz CT molecular complexity index is 1430. The van der Waals surface area contributed by atoms with Crippen molar-refractivity contribution >= 4 is 39.8 Å². The molecule has 2 aromatic carbocycles. The molecular weight excluding hydrogens is 571 g/mol. The quantitative estimate of drug-likeness (QED) is 0.168. The van der Waals surface area contributed by atoms with Gasteiger partial charge < -0.3 is 25.2 Å². The topological polar surface area (TPSA) is 104 Å². The molecule has 0 aliphatic rings. The van der Waals surface area contributed by atoms with E-state index in [4.69, 9.17) is 21.2 Å². The normalized spacial score (nSPS) is 12.1. The lowest BCUT2D eigenvalue weighted by molar-refractivity contribution is -0.137. The summed E-state index contributed by atoms with van der Waals surface area (Å²) in [6, 6.07) is 12.4. The summed E-state index contributed by atoms with van der Waals surface area (Å²) in [5, 5.41) is 20.3. The van der Waals surface area contributed by atoms with Gasteiger partial charge in [0.2, 0.25) is 0 Å². The second kappa shape index (κ2) is 15.5. The number of alkyl halides is 3. The number of hydrogen-bond donors (Lipinski definition) is 3. The Labute approximate surface area is 247 Å². The third kappa shape index (κ3) is 9.71. The number of carbonyl (C=O) groups is 1. The van der Waals surface area contributed by atoms with Gasteiger partial charge in [0.1, 0.15) is 11.3 Å². The summed E-state index contributed by atoms with van der Waals surface area (Å²) in [5.41, 5.74) is 1.74. The Morgan fingerprint density at radius 3 is 2.50 bits per heavy atom. The molecule has 0 spiro atoms. The average molecular weight is 606 g/mol. The first-order valence-corrected chi connectivity index (χ1v) is 13.9. The van der Waals surface area contributed by atoms with Crippen LogP contribution in [0, 0.1) is 6.92 Å². The SMILES string of the molecule is CCN(CCO)CCCC(C)Nc1ccnc2cc(Cl)ccc12.Cc1oncc1C(=O)Nc1ccc(C(F)(F)F)cc1. The van der Waals surface area contributed by atoms with E-state index in [1.807, 2.05) is 30.5 Å². The predicted octanol–water partition coefficient (Wildman–Crippen LogP) is 7.04. The highest BCUT2D eigenvalue weighted by molar-refractivity contribution is 6.31. The van der Waals surface area contributed by atoms with Gasteiger partial charge in [0.25, 0.3) is 5.91 Å². The van der Waals surface area contributed by atoms with Crippen LogP contribution in [0.4, 0.5) is 24.5 Å². The number of nitrogens with zero attached hydrogens (tertiary/aromatic N) is 3. The van der Waals surface area contributed by atoms with E-state index in [9.17, 15) is 18.0 Å². The number of likely N-dealkylation sites (N-methyl/N-ethyl adjacent to an activating group) is 1. The Hall–Kier alpha value is -3.67. The predicted molar refractivity (Wildman–Crippen MR) is 159 cm³/mol. The minimum atomic E-state index is -4.40. The van der Waals surface area contributed by atoms with E-state index in [-0.39, 0.29) is 17.9 Å². The number of carbonyl (C=O) groups excluding carboxylic acids is 1. The van der Waals surface area contributed by atoms with Crippen LogP contribution in [0.1, 0.15) is 48.4 Å². The number of amides is 1. The Balaban J connectivity index is 0.000000235. The molecule has 2 aromatic heterocycles. The highest BCUT2D eigenvalue weighted by Gasteiger charge is 2.30. The van der Waals surface area contributed by atoms with Crippen LogP contribution in [-0.4, -0.2) is 58.3 Å². The van der Waals surface area contributed by atoms with Crippen molar-refractivity contribution in [2.24, 2.45) is 0 Å². The number of aryl methyl sites for hydroxylation is 1. The van der Waals surface area contributed by atoms with Crippen LogP contribution in [0.25, 0.3) is 10.9 Å². The van der Waals surface area contributed by atoms with Crippen molar-refractivity contribution in [3.8, 4) is 0 Å². The van der Waals surface area contributed by atoms with Crippen LogP contribution < -0.4 is 10.6 Å². The Morgan fingerprint density at radius 1 is 1.14 bits per heavy atom. The van der Waals surface area contributed by atoms with Crippen LogP contribution in [-0.2, 0) is 6.18 Å². The van der Waals surface area contributed by atoms with Gasteiger partial charge in [-0.15, -0.1) is 0 Å². The summed E-state index contributed by atoms with van der Waals surface area (Å²) < 4.78 is 41.8. The smallest absolute Gasteiger partial charge is 0.395 e. The number of aromatic nitrogens is 2. The third-order valence-electron chi connectivity index (χ3n) is 6.55. The zero-order valence-corrected chi connectivity index (χ0v) is 24.5. The summed E-state index contributed by atoms with van der Waals surface area (Å²) in [5.74, 6) is -0.150. The monoisotopic (exact) mass is 605 g/mol. The van der Waals surface area contributed by atoms with Crippen molar-refractivity contribution in [2.45, 2.75) is 45.8 Å². The summed E-state index contributed by atoms with van der Waals surface area (Å²) in [7, 11) is 0. The van der Waals surface area contributed by atoms with Gasteiger partial charge in [0, 0.05) is 40.6 Å². The molecule has 12 heteroatoms. The lowest BCUT2D eigenvalue weighted by Gasteiger charge is -2.21. The first kappa shape index (κ1) is 32.8. The van der Waals surface area contributed by atoms with Gasteiger partial charge >= 0.3 is 6.18 Å². The number of aliphatic hydroxyl groups is 1. The maximum atomic E-state index is 12.4. The zero-order chi connectivity index (χ0) is 30.7.